The number of hydrogen-bond donors (Lipinski definition) is 4. The first-order valence-corrected chi connectivity index (χ1v) is 7.42. The molecule has 0 fully saturated rings. The molecule has 1 aliphatic carbocycles. The van der Waals surface area contributed by atoms with Gasteiger partial charge in [-0.25, -0.2) is 0 Å². The normalized spacial score (nSPS) is 17.4. The van der Waals surface area contributed by atoms with Crippen LogP contribution in [0.4, 0.5) is 0 Å². The summed E-state index contributed by atoms with van der Waals surface area (Å²) in [6, 6.07) is -0.696. The highest BCUT2D eigenvalue weighted by molar-refractivity contribution is 5.88. The van der Waals surface area contributed by atoms with Crippen molar-refractivity contribution >= 4 is 17.8 Å². The molecule has 2 amide bonds. The van der Waals surface area contributed by atoms with E-state index in [2.05, 4.69) is 15.4 Å². The van der Waals surface area contributed by atoms with E-state index in [1.165, 1.54) is 0 Å². The first-order chi connectivity index (χ1) is 11.0. The molecule has 0 bridgehead atoms. The molecule has 128 valence electrons. The fraction of sp³-hybridized carbons (Fsp3) is 0.533. The Balaban J connectivity index is 2.18. The van der Waals surface area contributed by atoms with Crippen LogP contribution < -0.4 is 16.4 Å². The van der Waals surface area contributed by atoms with Gasteiger partial charge in [0.25, 0.3) is 0 Å². The number of carbonyl (C=O) groups is 3. The molecule has 0 aromatic rings. The summed E-state index contributed by atoms with van der Waals surface area (Å²) < 4.78 is 4.57. The van der Waals surface area contributed by atoms with Gasteiger partial charge in [-0.3, -0.25) is 14.4 Å². The number of rotatable bonds is 9. The monoisotopic (exact) mass is 325 g/mol. The summed E-state index contributed by atoms with van der Waals surface area (Å²) >= 11 is 0. The van der Waals surface area contributed by atoms with Gasteiger partial charge in [0.05, 0.1) is 19.2 Å². The number of aliphatic hydroxyl groups excluding tert-OH is 1. The maximum absolute atomic E-state index is 11.8. The minimum absolute atomic E-state index is 0.120. The van der Waals surface area contributed by atoms with Crippen LogP contribution in [-0.4, -0.2) is 55.2 Å². The van der Waals surface area contributed by atoms with Crippen molar-refractivity contribution in [2.75, 3.05) is 26.3 Å². The molecule has 0 saturated heterocycles. The Kier molecular flexibility index (Phi) is 8.63. The van der Waals surface area contributed by atoms with Gasteiger partial charge in [0.2, 0.25) is 11.8 Å². The quantitative estimate of drug-likeness (QED) is 0.386. The Bertz CT molecular complexity index is 476. The summed E-state index contributed by atoms with van der Waals surface area (Å²) in [4.78, 5) is 34.4. The third kappa shape index (κ3) is 8.12. The summed E-state index contributed by atoms with van der Waals surface area (Å²) in [6.07, 6.45) is 9.21. The standard InChI is InChI=1S/C15H23N3O5/c16-12(8-11-4-2-1-3-5-11)15(22)18-9-13(20)17-10-14(21)23-7-6-19/h1-4,11-12,19H,5-10,16H2,(H,17,20)(H,18,22). The molecule has 8 heteroatoms. The fourth-order valence-corrected chi connectivity index (χ4v) is 1.98. The van der Waals surface area contributed by atoms with E-state index in [0.29, 0.717) is 6.42 Å². The largest absolute Gasteiger partial charge is 0.462 e. The molecule has 0 heterocycles. The number of hydrogen-bond acceptors (Lipinski definition) is 6. The Morgan fingerprint density at radius 3 is 2.70 bits per heavy atom. The lowest BCUT2D eigenvalue weighted by atomic mass is 9.93. The van der Waals surface area contributed by atoms with Crippen LogP contribution in [0.1, 0.15) is 12.8 Å². The van der Waals surface area contributed by atoms with Gasteiger partial charge in [-0.05, 0) is 18.8 Å². The van der Waals surface area contributed by atoms with Crippen LogP contribution in [0.25, 0.3) is 0 Å². The van der Waals surface area contributed by atoms with Gasteiger partial charge in [-0.1, -0.05) is 24.3 Å². The molecule has 2 atom stereocenters. The van der Waals surface area contributed by atoms with Crippen molar-refractivity contribution in [3.05, 3.63) is 24.3 Å². The molecule has 5 N–H and O–H groups in total. The van der Waals surface area contributed by atoms with Crippen LogP contribution in [-0.2, 0) is 19.1 Å². The van der Waals surface area contributed by atoms with E-state index in [0.717, 1.165) is 6.42 Å². The average molecular weight is 325 g/mol. The molecule has 0 radical (unpaired) electrons. The van der Waals surface area contributed by atoms with Crippen molar-refractivity contribution in [1.29, 1.82) is 0 Å². The van der Waals surface area contributed by atoms with E-state index in [4.69, 9.17) is 10.8 Å². The maximum atomic E-state index is 11.8. The van der Waals surface area contributed by atoms with Crippen LogP contribution in [0.3, 0.4) is 0 Å². The topological polar surface area (TPSA) is 131 Å². The zero-order valence-corrected chi connectivity index (χ0v) is 12.9. The summed E-state index contributed by atoms with van der Waals surface area (Å²) in [6.45, 7) is -0.981. The number of esters is 1. The Labute approximate surface area is 134 Å². The van der Waals surface area contributed by atoms with Crippen molar-refractivity contribution in [2.24, 2.45) is 11.7 Å². The lowest BCUT2D eigenvalue weighted by molar-refractivity contribution is -0.144. The number of carbonyl (C=O) groups excluding carboxylic acids is 3. The predicted octanol–water partition coefficient (Wildman–Crippen LogP) is -1.40. The second-order valence-electron chi connectivity index (χ2n) is 5.09. The van der Waals surface area contributed by atoms with Gasteiger partial charge in [0, 0.05) is 0 Å². The molecule has 0 spiro atoms. The highest BCUT2D eigenvalue weighted by Crippen LogP contribution is 2.16. The van der Waals surface area contributed by atoms with Crippen LogP contribution in [0.2, 0.25) is 0 Å². The average Bonchev–Trinajstić information content (AvgIpc) is 2.56. The number of nitrogens with two attached hydrogens (primary N) is 1. The van der Waals surface area contributed by atoms with Gasteiger partial charge < -0.3 is 26.2 Å². The molecule has 0 aliphatic heterocycles. The molecule has 23 heavy (non-hydrogen) atoms. The van der Waals surface area contributed by atoms with Crippen LogP contribution in [0, 0.1) is 5.92 Å². The summed E-state index contributed by atoms with van der Waals surface area (Å²) in [5.74, 6) is -1.37. The first-order valence-electron chi connectivity index (χ1n) is 7.42. The number of allylic oxidation sites excluding steroid dienone is 4. The molecule has 2 unspecified atom stereocenters. The molecule has 8 nitrogen and oxygen atoms in total. The highest BCUT2D eigenvalue weighted by Gasteiger charge is 2.18. The lowest BCUT2D eigenvalue weighted by Gasteiger charge is -2.18. The van der Waals surface area contributed by atoms with E-state index in [-0.39, 0.29) is 32.2 Å². The van der Waals surface area contributed by atoms with Gasteiger partial charge in [-0.15, -0.1) is 0 Å². The van der Waals surface area contributed by atoms with Crippen molar-refractivity contribution in [3.63, 3.8) is 0 Å². The maximum Gasteiger partial charge on any atom is 0.325 e. The zero-order chi connectivity index (χ0) is 17.1. The zero-order valence-electron chi connectivity index (χ0n) is 12.9. The Morgan fingerprint density at radius 2 is 2.04 bits per heavy atom. The van der Waals surface area contributed by atoms with Crippen molar-refractivity contribution in [2.45, 2.75) is 18.9 Å². The molecule has 0 aromatic heterocycles. The molecule has 1 aliphatic rings. The highest BCUT2D eigenvalue weighted by atomic mass is 16.5. The number of ether oxygens (including phenoxy) is 1. The van der Waals surface area contributed by atoms with E-state index >= 15 is 0 Å². The second-order valence-corrected chi connectivity index (χ2v) is 5.09. The van der Waals surface area contributed by atoms with Gasteiger partial charge in [-0.2, -0.15) is 0 Å². The summed E-state index contributed by atoms with van der Waals surface area (Å²) in [7, 11) is 0. The summed E-state index contributed by atoms with van der Waals surface area (Å²) in [5.41, 5.74) is 5.81. The Hall–Kier alpha value is -2.19. The third-order valence-electron chi connectivity index (χ3n) is 3.17. The molecular formula is C15H23N3O5. The minimum Gasteiger partial charge on any atom is -0.462 e. The van der Waals surface area contributed by atoms with Crippen molar-refractivity contribution < 1.29 is 24.2 Å². The molecule has 1 rings (SSSR count). The van der Waals surface area contributed by atoms with Crippen LogP contribution in [0.5, 0.6) is 0 Å². The third-order valence-corrected chi connectivity index (χ3v) is 3.17. The molecular weight excluding hydrogens is 302 g/mol. The van der Waals surface area contributed by atoms with E-state index in [1.54, 1.807) is 0 Å². The van der Waals surface area contributed by atoms with Crippen LogP contribution in [0.15, 0.2) is 24.3 Å². The fourth-order valence-electron chi connectivity index (χ4n) is 1.98. The summed E-state index contributed by atoms with van der Waals surface area (Å²) in [5, 5.41) is 13.2. The smallest absolute Gasteiger partial charge is 0.325 e. The second kappa shape index (κ2) is 10.5. The van der Waals surface area contributed by atoms with Crippen molar-refractivity contribution in [1.82, 2.24) is 10.6 Å². The van der Waals surface area contributed by atoms with Gasteiger partial charge in [0.15, 0.2) is 0 Å². The first kappa shape index (κ1) is 18.9. The number of amides is 2. The number of nitrogens with one attached hydrogen (secondary N) is 2. The predicted molar refractivity (Wildman–Crippen MR) is 83.0 cm³/mol. The van der Waals surface area contributed by atoms with E-state index in [1.807, 2.05) is 24.3 Å². The SMILES string of the molecule is NC(CC1C=CC=CC1)C(=O)NCC(=O)NCC(=O)OCCO. The molecule has 0 saturated carbocycles. The van der Waals surface area contributed by atoms with E-state index < -0.39 is 23.8 Å². The lowest BCUT2D eigenvalue weighted by Crippen LogP contribution is -2.46. The number of aliphatic hydroxyl groups is 1. The molecule has 0 aromatic carbocycles. The van der Waals surface area contributed by atoms with E-state index in [9.17, 15) is 14.4 Å². The minimum atomic E-state index is -0.696. The van der Waals surface area contributed by atoms with Crippen molar-refractivity contribution in [3.8, 4) is 0 Å². The van der Waals surface area contributed by atoms with Crippen LogP contribution >= 0.6 is 0 Å². The van der Waals surface area contributed by atoms with Gasteiger partial charge >= 0.3 is 5.97 Å². The Morgan fingerprint density at radius 1 is 1.26 bits per heavy atom. The van der Waals surface area contributed by atoms with Gasteiger partial charge in [0.1, 0.15) is 13.2 Å².